The van der Waals surface area contributed by atoms with Gasteiger partial charge in [-0.15, -0.1) is 0 Å². The zero-order chi connectivity index (χ0) is 25.7. The highest BCUT2D eigenvalue weighted by molar-refractivity contribution is 7.90. The molecule has 1 fully saturated rings. The topological polar surface area (TPSA) is 124 Å². The molecule has 1 amide bonds. The molecule has 37 heavy (non-hydrogen) atoms. The summed E-state index contributed by atoms with van der Waals surface area (Å²) in [7, 11) is -3.84. The predicted octanol–water partition coefficient (Wildman–Crippen LogP) is 1.74. The van der Waals surface area contributed by atoms with Gasteiger partial charge in [0, 0.05) is 18.1 Å². The second kappa shape index (κ2) is 8.69. The van der Waals surface area contributed by atoms with Crippen LogP contribution in [0.25, 0.3) is 22.1 Å². The van der Waals surface area contributed by atoms with Crippen molar-refractivity contribution in [2.24, 2.45) is 0 Å². The molecule has 0 aliphatic carbocycles. The first-order chi connectivity index (χ1) is 17.9. The minimum Gasteiger partial charge on any atom is -0.320 e. The Morgan fingerprint density at radius 3 is 2.65 bits per heavy atom. The van der Waals surface area contributed by atoms with Crippen LogP contribution in [-0.2, 0) is 21.4 Å². The minimum atomic E-state index is -3.84. The number of aromatic nitrogens is 7. The number of hydrogen-bond acceptors (Lipinski definition) is 8. The van der Waals surface area contributed by atoms with E-state index in [0.29, 0.717) is 29.8 Å². The van der Waals surface area contributed by atoms with Crippen LogP contribution in [0.4, 0.5) is 0 Å². The molecular weight excluding hydrogens is 494 g/mol. The highest BCUT2D eigenvalue weighted by atomic mass is 32.2. The lowest BCUT2D eigenvalue weighted by Gasteiger charge is -2.26. The lowest BCUT2D eigenvalue weighted by Crippen LogP contribution is -2.40. The number of nitrogens with zero attached hydrogens (tertiary/aromatic N) is 9. The smallest absolute Gasteiger partial charge is 0.269 e. The molecule has 4 aromatic heterocycles. The number of hydrogen-bond donors (Lipinski definition) is 0. The van der Waals surface area contributed by atoms with Crippen LogP contribution >= 0.6 is 0 Å². The fourth-order valence-corrected chi connectivity index (χ4v) is 6.08. The standard InChI is InChI=1S/C24H25N9O3S/c1-3-18-11-29(22(34)12-30-14-25-13-28-30)16-32(18)31-15-27-21-10-26-24-20(23(21)31)8-9-33(24)37(35,36)19-6-4-17(2)5-7-19/h4-10,13-15,18H,3,11-12,16H2,1-2H3. The van der Waals surface area contributed by atoms with Gasteiger partial charge in [-0.3, -0.25) is 9.80 Å². The van der Waals surface area contributed by atoms with Crippen molar-refractivity contribution in [3.05, 3.63) is 67.3 Å². The summed E-state index contributed by atoms with van der Waals surface area (Å²) < 4.78 is 31.5. The number of fused-ring (bicyclic) bond motifs is 3. The summed E-state index contributed by atoms with van der Waals surface area (Å²) in [4.78, 5) is 27.8. The summed E-state index contributed by atoms with van der Waals surface area (Å²) in [5, 5.41) is 6.77. The zero-order valence-corrected chi connectivity index (χ0v) is 21.2. The highest BCUT2D eigenvalue weighted by Crippen LogP contribution is 2.29. The molecular formula is C24H25N9O3S. The average molecular weight is 520 g/mol. The van der Waals surface area contributed by atoms with Gasteiger partial charge in [0.1, 0.15) is 43.2 Å². The van der Waals surface area contributed by atoms with Crippen LogP contribution in [0.2, 0.25) is 0 Å². The molecule has 0 spiro atoms. The van der Waals surface area contributed by atoms with Gasteiger partial charge in [-0.1, -0.05) is 24.6 Å². The van der Waals surface area contributed by atoms with Gasteiger partial charge < -0.3 is 4.90 Å². The van der Waals surface area contributed by atoms with Crippen LogP contribution in [-0.4, -0.2) is 71.9 Å². The lowest BCUT2D eigenvalue weighted by molar-refractivity contribution is -0.131. The molecule has 12 nitrogen and oxygen atoms in total. The maximum absolute atomic E-state index is 13.4. The molecule has 0 saturated carbocycles. The van der Waals surface area contributed by atoms with E-state index in [1.54, 1.807) is 47.8 Å². The second-order valence-electron chi connectivity index (χ2n) is 9.10. The highest BCUT2D eigenvalue weighted by Gasteiger charge is 2.34. The van der Waals surface area contributed by atoms with Crippen LogP contribution < -0.4 is 5.01 Å². The van der Waals surface area contributed by atoms with E-state index in [2.05, 4.69) is 32.0 Å². The SMILES string of the molecule is CCC1CN(C(=O)Cn2cncn2)CN1n1cnc2cnc3c(ccn3S(=O)(=O)c3ccc(C)cc3)c21. The summed E-state index contributed by atoms with van der Waals surface area (Å²) in [5.41, 5.74) is 2.68. The van der Waals surface area contributed by atoms with Gasteiger partial charge >= 0.3 is 0 Å². The van der Waals surface area contributed by atoms with Gasteiger partial charge in [0.25, 0.3) is 10.0 Å². The molecule has 6 rings (SSSR count). The summed E-state index contributed by atoms with van der Waals surface area (Å²) in [5.74, 6) is -0.0574. The Bertz CT molecular complexity index is 1710. The Hall–Kier alpha value is -4.26. The van der Waals surface area contributed by atoms with E-state index >= 15 is 0 Å². The van der Waals surface area contributed by atoms with E-state index < -0.39 is 10.0 Å². The fourth-order valence-electron chi connectivity index (χ4n) is 4.78. The van der Waals surface area contributed by atoms with Crippen molar-refractivity contribution < 1.29 is 13.2 Å². The first-order valence-corrected chi connectivity index (χ1v) is 13.3. The first-order valence-electron chi connectivity index (χ1n) is 11.9. The van der Waals surface area contributed by atoms with E-state index in [9.17, 15) is 13.2 Å². The van der Waals surface area contributed by atoms with Crippen LogP contribution in [0.1, 0.15) is 18.9 Å². The molecule has 1 aliphatic rings. The monoisotopic (exact) mass is 519 g/mol. The molecule has 1 atom stereocenters. The number of amides is 1. The molecule has 0 bridgehead atoms. The Kier molecular flexibility index (Phi) is 5.44. The van der Waals surface area contributed by atoms with Crippen LogP contribution in [0.3, 0.4) is 0 Å². The number of rotatable bonds is 6. The molecule has 1 aromatic carbocycles. The maximum Gasteiger partial charge on any atom is 0.269 e. The summed E-state index contributed by atoms with van der Waals surface area (Å²) in [6.45, 7) is 5.02. The molecule has 0 radical (unpaired) electrons. The van der Waals surface area contributed by atoms with Crippen LogP contribution in [0.15, 0.2) is 66.6 Å². The quantitative estimate of drug-likeness (QED) is 0.332. The van der Waals surface area contributed by atoms with Crippen molar-refractivity contribution in [1.82, 2.24) is 38.3 Å². The van der Waals surface area contributed by atoms with Gasteiger partial charge in [0.05, 0.1) is 17.1 Å². The van der Waals surface area contributed by atoms with Gasteiger partial charge in [0.15, 0.2) is 5.65 Å². The molecule has 1 aliphatic heterocycles. The Morgan fingerprint density at radius 1 is 1.11 bits per heavy atom. The summed E-state index contributed by atoms with van der Waals surface area (Å²) in [6.07, 6.45) is 8.54. The second-order valence-corrected chi connectivity index (χ2v) is 10.9. The first kappa shape index (κ1) is 23.2. The number of aryl methyl sites for hydroxylation is 1. The average Bonchev–Trinajstić information content (AvgIpc) is 3.68. The van der Waals surface area contributed by atoms with E-state index in [1.165, 1.54) is 27.5 Å². The maximum atomic E-state index is 13.4. The fraction of sp³-hybridized carbons (Fsp3) is 0.292. The van der Waals surface area contributed by atoms with E-state index in [4.69, 9.17) is 0 Å². The largest absolute Gasteiger partial charge is 0.320 e. The third-order valence-electron chi connectivity index (χ3n) is 6.78. The van der Waals surface area contributed by atoms with Gasteiger partial charge in [-0.25, -0.2) is 36.7 Å². The molecule has 190 valence electrons. The third kappa shape index (κ3) is 3.82. The third-order valence-corrected chi connectivity index (χ3v) is 8.46. The number of carbonyl (C=O) groups is 1. The van der Waals surface area contributed by atoms with Gasteiger partial charge in [-0.2, -0.15) is 5.10 Å². The van der Waals surface area contributed by atoms with Crippen molar-refractivity contribution in [2.75, 3.05) is 18.2 Å². The molecule has 13 heteroatoms. The Morgan fingerprint density at radius 2 is 1.92 bits per heavy atom. The molecule has 1 saturated heterocycles. The zero-order valence-electron chi connectivity index (χ0n) is 20.3. The minimum absolute atomic E-state index is 0.0543. The lowest BCUT2D eigenvalue weighted by atomic mass is 10.2. The van der Waals surface area contributed by atoms with Crippen molar-refractivity contribution in [1.29, 1.82) is 0 Å². The van der Waals surface area contributed by atoms with Crippen molar-refractivity contribution in [3.8, 4) is 0 Å². The summed E-state index contributed by atoms with van der Waals surface area (Å²) >= 11 is 0. The molecule has 1 unspecified atom stereocenters. The normalized spacial score (nSPS) is 16.3. The van der Waals surface area contributed by atoms with E-state index in [1.807, 2.05) is 11.6 Å². The number of imidazole rings is 1. The number of pyridine rings is 1. The number of carbonyl (C=O) groups excluding carboxylic acids is 1. The molecule has 5 aromatic rings. The molecule has 5 heterocycles. The van der Waals surface area contributed by atoms with Crippen molar-refractivity contribution >= 4 is 38.0 Å². The molecule has 0 N–H and O–H groups in total. The van der Waals surface area contributed by atoms with E-state index in [-0.39, 0.29) is 23.4 Å². The predicted molar refractivity (Wildman–Crippen MR) is 136 cm³/mol. The van der Waals surface area contributed by atoms with Gasteiger partial charge in [-0.05, 0) is 31.5 Å². The summed E-state index contributed by atoms with van der Waals surface area (Å²) in [6, 6.07) is 8.54. The van der Waals surface area contributed by atoms with E-state index in [0.717, 1.165) is 17.5 Å². The van der Waals surface area contributed by atoms with Crippen molar-refractivity contribution in [3.63, 3.8) is 0 Å². The van der Waals surface area contributed by atoms with Crippen molar-refractivity contribution in [2.45, 2.75) is 37.8 Å². The number of benzene rings is 1. The Balaban J connectivity index is 1.39. The van der Waals surface area contributed by atoms with Crippen LogP contribution in [0, 0.1) is 6.92 Å². The van der Waals surface area contributed by atoms with Gasteiger partial charge in [0.2, 0.25) is 5.91 Å². The Labute approximate surface area is 212 Å². The van der Waals surface area contributed by atoms with Crippen LogP contribution in [0.5, 0.6) is 0 Å².